The zero-order valence-electron chi connectivity index (χ0n) is 11.4. The van der Waals surface area contributed by atoms with Gasteiger partial charge in [0, 0.05) is 12.6 Å². The SMILES string of the molecule is O=C(O)c1nc(N2CCCC3CCCCC32)ccc1Cl. The lowest BCUT2D eigenvalue weighted by Gasteiger charge is -2.44. The number of halogens is 1. The van der Waals surface area contributed by atoms with Crippen molar-refractivity contribution in [2.45, 2.75) is 44.6 Å². The Morgan fingerprint density at radius 3 is 2.80 bits per heavy atom. The third-order valence-electron chi connectivity index (χ3n) is 4.57. The first kappa shape index (κ1) is 13.7. The molecule has 4 nitrogen and oxygen atoms in total. The topological polar surface area (TPSA) is 53.4 Å². The van der Waals surface area contributed by atoms with Crippen molar-refractivity contribution in [3.05, 3.63) is 22.8 Å². The second-order valence-corrected chi connectivity index (χ2v) is 6.16. The molecule has 3 rings (SSSR count). The molecule has 1 saturated heterocycles. The van der Waals surface area contributed by atoms with E-state index in [2.05, 4.69) is 9.88 Å². The molecule has 5 heteroatoms. The van der Waals surface area contributed by atoms with Crippen LogP contribution < -0.4 is 4.90 Å². The molecule has 0 amide bonds. The molecule has 2 heterocycles. The predicted molar refractivity (Wildman–Crippen MR) is 78.5 cm³/mol. The summed E-state index contributed by atoms with van der Waals surface area (Å²) >= 11 is 5.91. The lowest BCUT2D eigenvalue weighted by Crippen LogP contribution is -2.47. The number of piperidine rings is 1. The van der Waals surface area contributed by atoms with Crippen molar-refractivity contribution in [3.8, 4) is 0 Å². The number of rotatable bonds is 2. The number of carboxylic acids is 1. The average molecular weight is 295 g/mol. The summed E-state index contributed by atoms with van der Waals surface area (Å²) < 4.78 is 0. The van der Waals surface area contributed by atoms with Crippen LogP contribution in [0, 0.1) is 5.92 Å². The van der Waals surface area contributed by atoms with Crippen LogP contribution in [-0.4, -0.2) is 28.6 Å². The zero-order chi connectivity index (χ0) is 14.1. The maximum Gasteiger partial charge on any atom is 0.356 e. The Morgan fingerprint density at radius 2 is 2.00 bits per heavy atom. The molecule has 2 fully saturated rings. The number of carboxylic acid groups (broad SMARTS) is 1. The highest BCUT2D eigenvalue weighted by atomic mass is 35.5. The minimum atomic E-state index is -1.06. The number of fused-ring (bicyclic) bond motifs is 1. The quantitative estimate of drug-likeness (QED) is 0.905. The monoisotopic (exact) mass is 294 g/mol. The number of aromatic carboxylic acids is 1. The van der Waals surface area contributed by atoms with E-state index in [4.69, 9.17) is 16.7 Å². The number of carbonyl (C=O) groups is 1. The van der Waals surface area contributed by atoms with Gasteiger partial charge in [0.15, 0.2) is 5.69 Å². The van der Waals surface area contributed by atoms with Gasteiger partial charge in [-0.15, -0.1) is 0 Å². The molecule has 1 saturated carbocycles. The smallest absolute Gasteiger partial charge is 0.356 e. The molecular weight excluding hydrogens is 276 g/mol. The lowest BCUT2D eigenvalue weighted by molar-refractivity contribution is 0.0690. The van der Waals surface area contributed by atoms with Gasteiger partial charge < -0.3 is 10.0 Å². The fraction of sp³-hybridized carbons (Fsp3) is 0.600. The van der Waals surface area contributed by atoms with Crippen LogP contribution in [0.25, 0.3) is 0 Å². The highest BCUT2D eigenvalue weighted by molar-refractivity contribution is 6.33. The summed E-state index contributed by atoms with van der Waals surface area (Å²) in [4.78, 5) is 17.8. The maximum atomic E-state index is 11.2. The Bertz CT molecular complexity index is 519. The second-order valence-electron chi connectivity index (χ2n) is 5.75. The predicted octanol–water partition coefficient (Wildman–Crippen LogP) is 3.59. The van der Waals surface area contributed by atoms with Crippen LogP contribution in [-0.2, 0) is 0 Å². The van der Waals surface area contributed by atoms with Gasteiger partial charge in [-0.2, -0.15) is 0 Å². The largest absolute Gasteiger partial charge is 0.476 e. The van der Waals surface area contributed by atoms with E-state index in [0.29, 0.717) is 6.04 Å². The average Bonchev–Trinajstić information content (AvgIpc) is 2.47. The number of pyridine rings is 1. The van der Waals surface area contributed by atoms with E-state index in [0.717, 1.165) is 24.7 Å². The number of hydrogen-bond acceptors (Lipinski definition) is 3. The molecule has 1 N–H and O–H groups in total. The van der Waals surface area contributed by atoms with Crippen molar-refractivity contribution in [2.75, 3.05) is 11.4 Å². The highest BCUT2D eigenvalue weighted by Gasteiger charge is 2.34. The molecule has 108 valence electrons. The summed E-state index contributed by atoms with van der Waals surface area (Å²) in [5.41, 5.74) is -0.0397. The third kappa shape index (κ3) is 2.49. The Morgan fingerprint density at radius 1 is 1.25 bits per heavy atom. The van der Waals surface area contributed by atoms with E-state index in [9.17, 15) is 4.79 Å². The van der Waals surface area contributed by atoms with Crippen molar-refractivity contribution in [3.63, 3.8) is 0 Å². The first-order chi connectivity index (χ1) is 9.66. The van der Waals surface area contributed by atoms with Gasteiger partial charge in [0.1, 0.15) is 5.82 Å². The molecule has 2 unspecified atom stereocenters. The third-order valence-corrected chi connectivity index (χ3v) is 4.88. The summed E-state index contributed by atoms with van der Waals surface area (Å²) in [5, 5.41) is 9.36. The number of nitrogens with zero attached hydrogens (tertiary/aromatic N) is 2. The van der Waals surface area contributed by atoms with Crippen molar-refractivity contribution >= 4 is 23.4 Å². The molecular formula is C15H19ClN2O2. The summed E-state index contributed by atoms with van der Waals surface area (Å²) in [7, 11) is 0. The first-order valence-electron chi connectivity index (χ1n) is 7.33. The van der Waals surface area contributed by atoms with Gasteiger partial charge in [0.25, 0.3) is 0 Å². The summed E-state index contributed by atoms with van der Waals surface area (Å²) in [6.45, 7) is 0.967. The van der Waals surface area contributed by atoms with Gasteiger partial charge in [-0.05, 0) is 43.7 Å². The van der Waals surface area contributed by atoms with Crippen molar-refractivity contribution in [1.82, 2.24) is 4.98 Å². The van der Waals surface area contributed by atoms with E-state index >= 15 is 0 Å². The van der Waals surface area contributed by atoms with E-state index in [1.165, 1.54) is 32.1 Å². The maximum absolute atomic E-state index is 11.2. The molecule has 1 aliphatic heterocycles. The Hall–Kier alpha value is -1.29. The summed E-state index contributed by atoms with van der Waals surface area (Å²) in [5.74, 6) is 0.445. The molecule has 0 aromatic carbocycles. The van der Waals surface area contributed by atoms with Gasteiger partial charge in [0.05, 0.1) is 5.02 Å². The van der Waals surface area contributed by atoms with Gasteiger partial charge in [-0.25, -0.2) is 9.78 Å². The van der Waals surface area contributed by atoms with E-state index in [1.54, 1.807) is 6.07 Å². The van der Waals surface area contributed by atoms with Crippen molar-refractivity contribution in [2.24, 2.45) is 5.92 Å². The highest BCUT2D eigenvalue weighted by Crippen LogP contribution is 2.37. The summed E-state index contributed by atoms with van der Waals surface area (Å²) in [6, 6.07) is 4.03. The molecule has 1 aliphatic carbocycles. The Balaban J connectivity index is 1.91. The number of hydrogen-bond donors (Lipinski definition) is 1. The molecule has 1 aromatic heterocycles. The van der Waals surface area contributed by atoms with Crippen LogP contribution in [0.2, 0.25) is 5.02 Å². The molecule has 1 aromatic rings. The lowest BCUT2D eigenvalue weighted by atomic mass is 9.78. The molecule has 20 heavy (non-hydrogen) atoms. The standard InChI is InChI=1S/C15H19ClN2O2/c16-11-7-8-13(17-14(11)15(19)20)18-9-3-5-10-4-1-2-6-12(10)18/h7-8,10,12H,1-6,9H2,(H,19,20). The Kier molecular flexibility index (Phi) is 3.83. The van der Waals surface area contributed by atoms with Crippen LogP contribution >= 0.6 is 11.6 Å². The van der Waals surface area contributed by atoms with E-state index in [-0.39, 0.29) is 10.7 Å². The second kappa shape index (κ2) is 5.60. The zero-order valence-corrected chi connectivity index (χ0v) is 12.1. The van der Waals surface area contributed by atoms with Gasteiger partial charge in [-0.1, -0.05) is 24.4 Å². The number of anilines is 1. The van der Waals surface area contributed by atoms with Crippen LogP contribution in [0.15, 0.2) is 12.1 Å². The fourth-order valence-corrected chi connectivity index (χ4v) is 3.84. The van der Waals surface area contributed by atoms with Crippen LogP contribution in [0.5, 0.6) is 0 Å². The Labute approximate surface area is 123 Å². The molecule has 0 radical (unpaired) electrons. The van der Waals surface area contributed by atoms with Crippen LogP contribution in [0.3, 0.4) is 0 Å². The fourth-order valence-electron chi connectivity index (χ4n) is 3.65. The molecule has 0 spiro atoms. The minimum Gasteiger partial charge on any atom is -0.476 e. The van der Waals surface area contributed by atoms with E-state index in [1.807, 2.05) is 6.07 Å². The van der Waals surface area contributed by atoms with Gasteiger partial charge >= 0.3 is 5.97 Å². The summed E-state index contributed by atoms with van der Waals surface area (Å²) in [6.07, 6.45) is 7.52. The molecule has 2 atom stereocenters. The number of aromatic nitrogens is 1. The van der Waals surface area contributed by atoms with Gasteiger partial charge in [0.2, 0.25) is 0 Å². The van der Waals surface area contributed by atoms with Gasteiger partial charge in [-0.3, -0.25) is 0 Å². The van der Waals surface area contributed by atoms with Crippen molar-refractivity contribution in [1.29, 1.82) is 0 Å². The van der Waals surface area contributed by atoms with Crippen LogP contribution in [0.4, 0.5) is 5.82 Å². The first-order valence-corrected chi connectivity index (χ1v) is 7.71. The van der Waals surface area contributed by atoms with Crippen LogP contribution in [0.1, 0.15) is 49.0 Å². The van der Waals surface area contributed by atoms with E-state index < -0.39 is 5.97 Å². The normalized spacial score (nSPS) is 26.1. The van der Waals surface area contributed by atoms with Crippen molar-refractivity contribution < 1.29 is 9.90 Å². The molecule has 0 bridgehead atoms. The molecule has 2 aliphatic rings. The minimum absolute atomic E-state index is 0.0397.